The van der Waals surface area contributed by atoms with E-state index in [0.717, 1.165) is 19.3 Å². The predicted molar refractivity (Wildman–Crippen MR) is 56.9 cm³/mol. The topological polar surface area (TPSA) is 33.2 Å². The van der Waals surface area contributed by atoms with Crippen molar-refractivity contribution in [2.24, 2.45) is 0 Å². The zero-order valence-electron chi connectivity index (χ0n) is 8.11. The van der Waals surface area contributed by atoms with Gasteiger partial charge in [0.05, 0.1) is 0 Å². The van der Waals surface area contributed by atoms with Crippen LogP contribution in [0.4, 0.5) is 0 Å². The summed E-state index contributed by atoms with van der Waals surface area (Å²) in [5, 5.41) is 0. The van der Waals surface area contributed by atoms with E-state index in [4.69, 9.17) is 0 Å². The minimum absolute atomic E-state index is 0.575. The number of aldehydes is 1. The van der Waals surface area contributed by atoms with Gasteiger partial charge in [-0.15, -0.1) is 0 Å². The zero-order valence-corrected chi connectivity index (χ0v) is 8.92. The van der Waals surface area contributed by atoms with Crippen molar-refractivity contribution in [1.29, 1.82) is 0 Å². The van der Waals surface area contributed by atoms with Gasteiger partial charge in [0.15, 0.2) is 6.29 Å². The third-order valence-electron chi connectivity index (χ3n) is 2.57. The van der Waals surface area contributed by atoms with Crippen LogP contribution in [0.1, 0.15) is 28.2 Å². The molecule has 3 nitrogen and oxygen atoms in total. The van der Waals surface area contributed by atoms with Gasteiger partial charge in [0.25, 0.3) is 0 Å². The first kappa shape index (κ1) is 9.80. The minimum atomic E-state index is 0.575. The van der Waals surface area contributed by atoms with Crippen LogP contribution < -0.4 is 0 Å². The van der Waals surface area contributed by atoms with E-state index >= 15 is 0 Å². The summed E-state index contributed by atoms with van der Waals surface area (Å²) in [6, 6.07) is 1.90. The summed E-state index contributed by atoms with van der Waals surface area (Å²) in [6.45, 7) is 3.58. The minimum Gasteiger partial charge on any atom is -0.303 e. The van der Waals surface area contributed by atoms with E-state index in [1.165, 1.54) is 42.3 Å². The summed E-state index contributed by atoms with van der Waals surface area (Å²) in [5.74, 6) is 0. The molecule has 1 aliphatic heterocycles. The van der Waals surface area contributed by atoms with Crippen LogP contribution >= 0.6 is 11.5 Å². The Morgan fingerprint density at radius 2 is 2.29 bits per heavy atom. The van der Waals surface area contributed by atoms with E-state index in [1.807, 2.05) is 6.07 Å². The van der Waals surface area contributed by atoms with Crippen LogP contribution in [0.15, 0.2) is 6.07 Å². The summed E-state index contributed by atoms with van der Waals surface area (Å²) in [6.07, 6.45) is 4.52. The number of carbonyl (C=O) groups is 1. The second-order valence-corrected chi connectivity index (χ2v) is 4.52. The van der Waals surface area contributed by atoms with E-state index < -0.39 is 0 Å². The van der Waals surface area contributed by atoms with E-state index in [0.29, 0.717) is 5.69 Å². The first-order valence-corrected chi connectivity index (χ1v) is 5.79. The van der Waals surface area contributed by atoms with Crippen molar-refractivity contribution in [2.45, 2.75) is 19.3 Å². The fourth-order valence-corrected chi connectivity index (χ4v) is 2.45. The Kier molecular flexibility index (Phi) is 3.26. The Morgan fingerprint density at radius 1 is 1.50 bits per heavy atom. The standard InChI is InChI=1S/C10H14N2OS/c13-8-9-7-10(14-11-9)3-6-12-4-1-2-5-12/h7-8H,1-6H2. The highest BCUT2D eigenvalue weighted by Crippen LogP contribution is 2.12. The molecule has 4 heteroatoms. The molecule has 2 rings (SSSR count). The number of nitrogens with zero attached hydrogens (tertiary/aromatic N) is 2. The molecule has 1 aromatic rings. The van der Waals surface area contributed by atoms with Gasteiger partial charge < -0.3 is 4.90 Å². The van der Waals surface area contributed by atoms with E-state index in [2.05, 4.69) is 9.27 Å². The molecule has 0 amide bonds. The van der Waals surface area contributed by atoms with Crippen LogP contribution in [0, 0.1) is 0 Å². The van der Waals surface area contributed by atoms with Crippen LogP contribution in [0.3, 0.4) is 0 Å². The van der Waals surface area contributed by atoms with Crippen LogP contribution in [0.5, 0.6) is 0 Å². The lowest BCUT2D eigenvalue weighted by Crippen LogP contribution is -2.21. The van der Waals surface area contributed by atoms with Crippen molar-refractivity contribution >= 4 is 17.8 Å². The monoisotopic (exact) mass is 210 g/mol. The van der Waals surface area contributed by atoms with Gasteiger partial charge in [-0.3, -0.25) is 4.79 Å². The highest BCUT2D eigenvalue weighted by atomic mass is 32.1. The molecule has 0 aliphatic carbocycles. The maximum absolute atomic E-state index is 10.4. The first-order chi connectivity index (χ1) is 6.88. The molecule has 76 valence electrons. The third-order valence-corrected chi connectivity index (χ3v) is 3.43. The van der Waals surface area contributed by atoms with Crippen LogP contribution in [-0.4, -0.2) is 35.2 Å². The van der Waals surface area contributed by atoms with Crippen molar-refractivity contribution in [2.75, 3.05) is 19.6 Å². The molecule has 0 aromatic carbocycles. The molecule has 0 atom stereocenters. The highest BCUT2D eigenvalue weighted by Gasteiger charge is 2.11. The third kappa shape index (κ3) is 2.39. The van der Waals surface area contributed by atoms with Crippen molar-refractivity contribution in [3.63, 3.8) is 0 Å². The number of aromatic nitrogens is 1. The lowest BCUT2D eigenvalue weighted by molar-refractivity contribution is 0.112. The summed E-state index contributed by atoms with van der Waals surface area (Å²) in [7, 11) is 0. The number of likely N-dealkylation sites (tertiary alicyclic amines) is 1. The molecule has 1 aromatic heterocycles. The number of rotatable bonds is 4. The molecule has 0 N–H and O–H groups in total. The first-order valence-electron chi connectivity index (χ1n) is 5.01. The van der Waals surface area contributed by atoms with E-state index in [-0.39, 0.29) is 0 Å². The lowest BCUT2D eigenvalue weighted by atomic mass is 10.3. The Hall–Kier alpha value is -0.740. The highest BCUT2D eigenvalue weighted by molar-refractivity contribution is 7.05. The Morgan fingerprint density at radius 3 is 2.93 bits per heavy atom. The van der Waals surface area contributed by atoms with Gasteiger partial charge in [0, 0.05) is 11.4 Å². The summed E-state index contributed by atoms with van der Waals surface area (Å²) >= 11 is 1.45. The van der Waals surface area contributed by atoms with Gasteiger partial charge >= 0.3 is 0 Å². The summed E-state index contributed by atoms with van der Waals surface area (Å²) in [4.78, 5) is 14.1. The van der Waals surface area contributed by atoms with Gasteiger partial charge in [0.2, 0.25) is 0 Å². The van der Waals surface area contributed by atoms with E-state index in [9.17, 15) is 4.79 Å². The Balaban J connectivity index is 1.81. The van der Waals surface area contributed by atoms with Gasteiger partial charge in [-0.2, -0.15) is 4.37 Å². The largest absolute Gasteiger partial charge is 0.303 e. The molecule has 1 aliphatic rings. The Labute approximate surface area is 87.9 Å². The number of hydrogen-bond donors (Lipinski definition) is 0. The Bertz CT molecular complexity index is 305. The van der Waals surface area contributed by atoms with Crippen molar-refractivity contribution in [3.05, 3.63) is 16.6 Å². The molecular formula is C10H14N2OS. The summed E-state index contributed by atoms with van der Waals surface area (Å²) < 4.78 is 4.03. The van der Waals surface area contributed by atoms with Crippen molar-refractivity contribution in [1.82, 2.24) is 9.27 Å². The predicted octanol–water partition coefficient (Wildman–Crippen LogP) is 1.59. The smallest absolute Gasteiger partial charge is 0.169 e. The second-order valence-electron chi connectivity index (χ2n) is 3.63. The van der Waals surface area contributed by atoms with Gasteiger partial charge in [0.1, 0.15) is 5.69 Å². The van der Waals surface area contributed by atoms with Crippen molar-refractivity contribution in [3.8, 4) is 0 Å². The van der Waals surface area contributed by atoms with Crippen molar-refractivity contribution < 1.29 is 4.79 Å². The van der Waals surface area contributed by atoms with Gasteiger partial charge in [-0.25, -0.2) is 0 Å². The normalized spacial score (nSPS) is 17.4. The molecule has 1 saturated heterocycles. The fraction of sp³-hybridized carbons (Fsp3) is 0.600. The second kappa shape index (κ2) is 4.66. The molecule has 0 saturated carbocycles. The zero-order chi connectivity index (χ0) is 9.80. The van der Waals surface area contributed by atoms with Gasteiger partial charge in [-0.1, -0.05) is 0 Å². The van der Waals surface area contributed by atoms with E-state index in [1.54, 1.807) is 0 Å². The molecule has 14 heavy (non-hydrogen) atoms. The molecule has 0 unspecified atom stereocenters. The lowest BCUT2D eigenvalue weighted by Gasteiger charge is -2.12. The maximum atomic E-state index is 10.4. The molecule has 0 radical (unpaired) electrons. The quantitative estimate of drug-likeness (QED) is 0.708. The average Bonchev–Trinajstić information content (AvgIpc) is 2.86. The van der Waals surface area contributed by atoms with Gasteiger partial charge in [-0.05, 0) is 50.0 Å². The molecule has 0 bridgehead atoms. The SMILES string of the molecule is O=Cc1cc(CCN2CCCC2)sn1. The summed E-state index contributed by atoms with van der Waals surface area (Å²) in [5.41, 5.74) is 0.575. The molecule has 0 spiro atoms. The number of carbonyl (C=O) groups excluding carboxylic acids is 1. The molecule has 1 fully saturated rings. The van der Waals surface area contributed by atoms with Crippen LogP contribution in [0.25, 0.3) is 0 Å². The fourth-order valence-electron chi connectivity index (χ4n) is 1.78. The molecular weight excluding hydrogens is 196 g/mol. The average molecular weight is 210 g/mol. The maximum Gasteiger partial charge on any atom is 0.169 e. The number of hydrogen-bond acceptors (Lipinski definition) is 4. The molecule has 2 heterocycles. The van der Waals surface area contributed by atoms with Crippen LogP contribution in [0.2, 0.25) is 0 Å². The van der Waals surface area contributed by atoms with Crippen LogP contribution in [-0.2, 0) is 6.42 Å².